The molecule has 4 heteroatoms. The van der Waals surface area contributed by atoms with Gasteiger partial charge in [-0.05, 0) is 122 Å². The molecule has 0 unspecified atom stereocenters. The maximum atomic E-state index is 12.2. The van der Waals surface area contributed by atoms with Crippen LogP contribution in [0.3, 0.4) is 0 Å². The maximum Gasteiger partial charge on any atom is 0.136 e. The van der Waals surface area contributed by atoms with Crippen LogP contribution in [-0.2, 0) is 9.53 Å². The van der Waals surface area contributed by atoms with Crippen LogP contribution < -0.4 is 10.5 Å². The Bertz CT molecular complexity index is 1120. The number of benzene rings is 1. The van der Waals surface area contributed by atoms with E-state index in [0.29, 0.717) is 34.4 Å². The SMILES string of the molecule is C=C1C=C(CCCCCO[C@H]2CC[C@H]3[C@@H]4CC[C@H]5CC(=O)CC[C@]5(C)[C@H]4CC[C@]23C)c2ccc(N)cc2O1. The average molecular weight is 518 g/mol. The zero-order valence-electron chi connectivity index (χ0n) is 23.6. The summed E-state index contributed by atoms with van der Waals surface area (Å²) < 4.78 is 12.5. The predicted octanol–water partition coefficient (Wildman–Crippen LogP) is 8.12. The van der Waals surface area contributed by atoms with Gasteiger partial charge in [0.15, 0.2) is 0 Å². The number of allylic oxidation sites excluding steroid dienone is 2. The van der Waals surface area contributed by atoms with E-state index in [2.05, 4.69) is 32.6 Å². The first-order chi connectivity index (χ1) is 18.3. The van der Waals surface area contributed by atoms with Crippen molar-refractivity contribution in [3.63, 3.8) is 0 Å². The van der Waals surface area contributed by atoms with Crippen molar-refractivity contribution in [2.45, 2.75) is 103 Å². The molecule has 4 nitrogen and oxygen atoms in total. The zero-order valence-corrected chi connectivity index (χ0v) is 23.6. The lowest BCUT2D eigenvalue weighted by Gasteiger charge is -2.60. The molecule has 0 radical (unpaired) electrons. The largest absolute Gasteiger partial charge is 0.457 e. The zero-order chi connectivity index (χ0) is 26.5. The monoisotopic (exact) mass is 517 g/mol. The number of unbranched alkanes of at least 4 members (excludes halogenated alkanes) is 2. The van der Waals surface area contributed by atoms with Gasteiger partial charge >= 0.3 is 0 Å². The number of nitrogens with two attached hydrogens (primary N) is 1. The molecule has 4 aliphatic carbocycles. The van der Waals surface area contributed by atoms with E-state index >= 15 is 0 Å². The van der Waals surface area contributed by atoms with Crippen molar-refractivity contribution < 1.29 is 14.3 Å². The van der Waals surface area contributed by atoms with Crippen LogP contribution in [-0.4, -0.2) is 18.5 Å². The summed E-state index contributed by atoms with van der Waals surface area (Å²) in [5, 5.41) is 0. The Hall–Kier alpha value is -2.07. The topological polar surface area (TPSA) is 61.5 Å². The third kappa shape index (κ3) is 4.55. The molecule has 6 rings (SSSR count). The van der Waals surface area contributed by atoms with Gasteiger partial charge in [-0.2, -0.15) is 0 Å². The second-order valence-electron chi connectivity index (χ2n) is 13.7. The number of hydrogen-bond donors (Lipinski definition) is 1. The van der Waals surface area contributed by atoms with E-state index in [1.54, 1.807) is 0 Å². The first-order valence-corrected chi connectivity index (χ1v) is 15.4. The number of fused-ring (bicyclic) bond motifs is 6. The fraction of sp³-hybridized carbons (Fsp3) is 0.676. The molecule has 4 saturated carbocycles. The number of Topliss-reactive ketones (excluding diaryl/α,β-unsaturated/α-hetero) is 1. The summed E-state index contributed by atoms with van der Waals surface area (Å²) in [5.41, 5.74) is 9.85. The minimum atomic E-state index is 0.341. The number of nitrogen functional groups attached to an aromatic ring is 1. The molecule has 0 aromatic heterocycles. The lowest BCUT2D eigenvalue weighted by molar-refractivity contribution is -0.145. The van der Waals surface area contributed by atoms with Gasteiger partial charge in [0.25, 0.3) is 0 Å². The minimum Gasteiger partial charge on any atom is -0.457 e. The van der Waals surface area contributed by atoms with E-state index in [0.717, 1.165) is 79.9 Å². The fourth-order valence-corrected chi connectivity index (χ4v) is 9.63. The Morgan fingerprint density at radius 3 is 2.74 bits per heavy atom. The van der Waals surface area contributed by atoms with Gasteiger partial charge in [-0.1, -0.05) is 26.8 Å². The Balaban J connectivity index is 0.991. The van der Waals surface area contributed by atoms with Crippen molar-refractivity contribution in [1.29, 1.82) is 0 Å². The smallest absolute Gasteiger partial charge is 0.136 e. The van der Waals surface area contributed by atoms with Crippen LogP contribution in [0.5, 0.6) is 5.75 Å². The first-order valence-electron chi connectivity index (χ1n) is 15.4. The summed E-state index contributed by atoms with van der Waals surface area (Å²) in [4.78, 5) is 12.2. The van der Waals surface area contributed by atoms with Crippen LogP contribution >= 0.6 is 0 Å². The number of anilines is 1. The molecule has 38 heavy (non-hydrogen) atoms. The van der Waals surface area contributed by atoms with Gasteiger partial charge in [-0.3, -0.25) is 4.79 Å². The van der Waals surface area contributed by atoms with Crippen LogP contribution in [0.1, 0.15) is 103 Å². The van der Waals surface area contributed by atoms with Crippen molar-refractivity contribution in [2.24, 2.45) is 34.5 Å². The van der Waals surface area contributed by atoms with E-state index in [1.165, 1.54) is 50.5 Å². The third-order valence-corrected chi connectivity index (χ3v) is 11.7. The van der Waals surface area contributed by atoms with Crippen molar-refractivity contribution in [1.82, 2.24) is 0 Å². The van der Waals surface area contributed by atoms with Gasteiger partial charge in [0.1, 0.15) is 17.3 Å². The molecule has 4 fully saturated rings. The van der Waals surface area contributed by atoms with Crippen LogP contribution in [0.15, 0.2) is 36.6 Å². The van der Waals surface area contributed by atoms with E-state index in [-0.39, 0.29) is 0 Å². The number of carbonyl (C=O) groups is 1. The molecule has 7 atom stereocenters. The molecule has 5 aliphatic rings. The molecule has 0 amide bonds. The van der Waals surface area contributed by atoms with Crippen LogP contribution in [0.2, 0.25) is 0 Å². The highest BCUT2D eigenvalue weighted by atomic mass is 16.5. The normalized spacial score (nSPS) is 37.9. The van der Waals surface area contributed by atoms with Gasteiger partial charge in [-0.25, -0.2) is 0 Å². The predicted molar refractivity (Wildman–Crippen MR) is 154 cm³/mol. The van der Waals surface area contributed by atoms with Crippen molar-refractivity contribution >= 4 is 17.0 Å². The lowest BCUT2D eigenvalue weighted by Crippen LogP contribution is -2.54. The highest BCUT2D eigenvalue weighted by Crippen LogP contribution is 2.66. The average Bonchev–Trinajstić information content (AvgIpc) is 3.22. The summed E-state index contributed by atoms with van der Waals surface area (Å²) in [5.74, 6) is 5.16. The number of hydrogen-bond acceptors (Lipinski definition) is 4. The molecule has 1 aromatic rings. The molecule has 1 aliphatic heterocycles. The second-order valence-corrected chi connectivity index (χ2v) is 13.7. The summed E-state index contributed by atoms with van der Waals surface area (Å²) in [7, 11) is 0. The summed E-state index contributed by atoms with van der Waals surface area (Å²) >= 11 is 0. The second kappa shape index (κ2) is 10.2. The van der Waals surface area contributed by atoms with E-state index < -0.39 is 0 Å². The lowest BCUT2D eigenvalue weighted by atomic mass is 9.45. The third-order valence-electron chi connectivity index (χ3n) is 11.7. The van der Waals surface area contributed by atoms with Crippen molar-refractivity contribution in [3.8, 4) is 5.75 Å². The van der Waals surface area contributed by atoms with E-state index in [4.69, 9.17) is 15.2 Å². The van der Waals surface area contributed by atoms with Crippen LogP contribution in [0.4, 0.5) is 5.69 Å². The van der Waals surface area contributed by atoms with E-state index in [9.17, 15) is 4.79 Å². The maximum absolute atomic E-state index is 12.2. The fourth-order valence-electron chi connectivity index (χ4n) is 9.63. The van der Waals surface area contributed by atoms with Gasteiger partial charge in [-0.15, -0.1) is 0 Å². The Morgan fingerprint density at radius 1 is 1.03 bits per heavy atom. The van der Waals surface area contributed by atoms with Gasteiger partial charge in [0.2, 0.25) is 0 Å². The van der Waals surface area contributed by atoms with E-state index in [1.807, 2.05) is 12.1 Å². The van der Waals surface area contributed by atoms with Gasteiger partial charge in [0.05, 0.1) is 6.10 Å². The molecule has 206 valence electrons. The van der Waals surface area contributed by atoms with Crippen LogP contribution in [0, 0.1) is 34.5 Å². The molecule has 1 heterocycles. The molecule has 2 N–H and O–H groups in total. The Morgan fingerprint density at radius 2 is 1.87 bits per heavy atom. The van der Waals surface area contributed by atoms with Gasteiger partial charge < -0.3 is 15.2 Å². The van der Waals surface area contributed by atoms with Crippen LogP contribution in [0.25, 0.3) is 5.57 Å². The Kier molecular flexibility index (Phi) is 6.99. The minimum absolute atomic E-state index is 0.341. The molecule has 0 saturated heterocycles. The highest BCUT2D eigenvalue weighted by Gasteiger charge is 2.60. The van der Waals surface area contributed by atoms with Crippen molar-refractivity contribution in [2.75, 3.05) is 12.3 Å². The molecule has 0 bridgehead atoms. The number of ketones is 1. The summed E-state index contributed by atoms with van der Waals surface area (Å²) in [6.45, 7) is 10.00. The standard InChI is InChI=1S/C34H47NO3/c1-22-19-23(27-11-9-25(35)21-31(27)38-22)7-5-4-6-18-37-32-13-12-29-28-10-8-24-20-26(36)14-16-33(24,2)30(28)15-17-34(29,32)3/h9,11,19,21,24,28-30,32H,1,4-8,10,12-18,20,35H2,2-3H3/t24-,28-,29-,30-,32-,33-,34-/m0/s1. The molecule has 0 spiro atoms. The van der Waals surface area contributed by atoms with Gasteiger partial charge in [0, 0.05) is 36.8 Å². The molecule has 1 aromatic carbocycles. The highest BCUT2D eigenvalue weighted by molar-refractivity contribution is 5.79. The molecular weight excluding hydrogens is 470 g/mol. The number of rotatable bonds is 7. The Labute approximate surface area is 229 Å². The number of carbonyl (C=O) groups excluding carboxylic acids is 1. The first kappa shape index (κ1) is 26.2. The quantitative estimate of drug-likeness (QED) is 0.293. The number of ether oxygens (including phenoxy) is 2. The van der Waals surface area contributed by atoms with Crippen molar-refractivity contribution in [3.05, 3.63) is 42.2 Å². The summed E-state index contributed by atoms with van der Waals surface area (Å²) in [6.07, 6.45) is 17.6. The molecular formula is C34H47NO3. The summed E-state index contributed by atoms with van der Waals surface area (Å²) in [6, 6.07) is 5.91.